The molecule has 0 unspecified atom stereocenters. The van der Waals surface area contributed by atoms with E-state index in [1.165, 1.54) is 20.5 Å². The lowest BCUT2D eigenvalue weighted by molar-refractivity contribution is 0.869. The molecule has 0 bridgehead atoms. The molecule has 2 aromatic rings. The summed E-state index contributed by atoms with van der Waals surface area (Å²) in [5, 5.41) is 1.38. The van der Waals surface area contributed by atoms with E-state index < -0.39 is 0 Å². The molecule has 0 nitrogen and oxygen atoms in total. The fourth-order valence-electron chi connectivity index (χ4n) is 1.54. The predicted molar refractivity (Wildman–Crippen MR) is 60.7 cm³/mol. The monoisotopic (exact) mass is 190 g/mol. The van der Waals surface area contributed by atoms with E-state index in [1.807, 2.05) is 11.3 Å². The van der Waals surface area contributed by atoms with Gasteiger partial charge in [0.15, 0.2) is 0 Å². The minimum absolute atomic E-state index is 0.631. The summed E-state index contributed by atoms with van der Waals surface area (Å²) < 4.78 is 1.42. The molecule has 13 heavy (non-hydrogen) atoms. The summed E-state index contributed by atoms with van der Waals surface area (Å²) >= 11 is 1.88. The molecule has 0 amide bonds. The number of fused-ring (bicyclic) bond motifs is 1. The third-order valence-corrected chi connectivity index (χ3v) is 3.35. The summed E-state index contributed by atoms with van der Waals surface area (Å²) in [4.78, 5) is 1.40. The summed E-state index contributed by atoms with van der Waals surface area (Å²) in [6.45, 7) is 6.64. The zero-order chi connectivity index (χ0) is 9.42. The van der Waals surface area contributed by atoms with Crippen LogP contribution in [0.4, 0.5) is 0 Å². The maximum atomic E-state index is 2.32. The van der Waals surface area contributed by atoms with Gasteiger partial charge in [0, 0.05) is 9.58 Å². The number of hydrogen-bond donors (Lipinski definition) is 0. The topological polar surface area (TPSA) is 0 Å². The van der Waals surface area contributed by atoms with E-state index in [2.05, 4.69) is 45.0 Å². The molecule has 0 fully saturated rings. The van der Waals surface area contributed by atoms with Crippen molar-refractivity contribution >= 4 is 21.4 Å². The van der Waals surface area contributed by atoms with Crippen LogP contribution in [0.15, 0.2) is 24.3 Å². The van der Waals surface area contributed by atoms with Crippen LogP contribution in [0.25, 0.3) is 10.1 Å². The number of benzene rings is 1. The first-order valence-corrected chi connectivity index (χ1v) is 5.48. The third kappa shape index (κ3) is 1.61. The van der Waals surface area contributed by atoms with Crippen molar-refractivity contribution < 1.29 is 0 Å². The van der Waals surface area contributed by atoms with Crippen molar-refractivity contribution in [1.82, 2.24) is 0 Å². The summed E-state index contributed by atoms with van der Waals surface area (Å²) in [5.41, 5.74) is 1.44. The Bertz CT molecular complexity index is 424. The first-order valence-electron chi connectivity index (χ1n) is 4.67. The second-order valence-electron chi connectivity index (χ2n) is 3.81. The Morgan fingerprint density at radius 1 is 1.15 bits per heavy atom. The Morgan fingerprint density at radius 3 is 2.62 bits per heavy atom. The molecule has 68 valence electrons. The summed E-state index contributed by atoms with van der Waals surface area (Å²) in [7, 11) is 0. The van der Waals surface area contributed by atoms with E-state index >= 15 is 0 Å². The van der Waals surface area contributed by atoms with Crippen molar-refractivity contribution in [1.29, 1.82) is 0 Å². The highest BCUT2D eigenvalue weighted by Gasteiger charge is 2.02. The maximum Gasteiger partial charge on any atom is 0.0348 e. The smallest absolute Gasteiger partial charge is 0.0348 e. The van der Waals surface area contributed by atoms with Gasteiger partial charge in [0.25, 0.3) is 0 Å². The highest BCUT2D eigenvalue weighted by atomic mass is 32.1. The van der Waals surface area contributed by atoms with Crippen molar-refractivity contribution in [2.45, 2.75) is 26.7 Å². The Morgan fingerprint density at radius 2 is 1.92 bits per heavy atom. The zero-order valence-corrected chi connectivity index (χ0v) is 9.11. The van der Waals surface area contributed by atoms with E-state index in [0.717, 1.165) is 0 Å². The van der Waals surface area contributed by atoms with Gasteiger partial charge in [-0.15, -0.1) is 11.3 Å². The van der Waals surface area contributed by atoms with Gasteiger partial charge in [-0.3, -0.25) is 0 Å². The fraction of sp³-hybridized carbons (Fsp3) is 0.333. The molecule has 0 N–H and O–H groups in total. The lowest BCUT2D eigenvalue weighted by Crippen LogP contribution is -1.84. The van der Waals surface area contributed by atoms with Crippen LogP contribution in [-0.2, 0) is 0 Å². The molecule has 1 aromatic heterocycles. The number of rotatable bonds is 1. The Labute approximate surface area is 83.2 Å². The fourth-order valence-corrected chi connectivity index (χ4v) is 2.51. The predicted octanol–water partition coefficient (Wildman–Crippen LogP) is 4.33. The first-order chi connectivity index (χ1) is 6.16. The molecule has 0 spiro atoms. The van der Waals surface area contributed by atoms with Crippen molar-refractivity contribution in [3.05, 3.63) is 34.7 Å². The minimum Gasteiger partial charge on any atom is -0.141 e. The highest BCUT2D eigenvalue weighted by Crippen LogP contribution is 2.28. The quantitative estimate of drug-likeness (QED) is 0.627. The molecule has 0 atom stereocenters. The molecule has 0 saturated carbocycles. The summed E-state index contributed by atoms with van der Waals surface area (Å²) in [6.07, 6.45) is 0. The molecule has 0 aliphatic heterocycles. The van der Waals surface area contributed by atoms with Crippen LogP contribution >= 0.6 is 11.3 Å². The van der Waals surface area contributed by atoms with Gasteiger partial charge in [0.1, 0.15) is 0 Å². The van der Waals surface area contributed by atoms with Gasteiger partial charge in [-0.25, -0.2) is 0 Å². The lowest BCUT2D eigenvalue weighted by atomic mass is 10.0. The maximum absolute atomic E-state index is 2.32. The van der Waals surface area contributed by atoms with Crippen LogP contribution in [0, 0.1) is 6.92 Å². The normalized spacial score (nSPS) is 11.4. The first kappa shape index (κ1) is 8.76. The van der Waals surface area contributed by atoms with E-state index in [-0.39, 0.29) is 0 Å². The van der Waals surface area contributed by atoms with Crippen molar-refractivity contribution in [2.24, 2.45) is 0 Å². The number of thiophene rings is 1. The molecule has 2 rings (SSSR count). The van der Waals surface area contributed by atoms with Gasteiger partial charge in [-0.1, -0.05) is 26.0 Å². The van der Waals surface area contributed by atoms with Gasteiger partial charge in [0.05, 0.1) is 0 Å². The van der Waals surface area contributed by atoms with E-state index in [0.29, 0.717) is 5.92 Å². The Kier molecular flexibility index (Phi) is 2.12. The molecule has 0 saturated heterocycles. The Balaban J connectivity index is 2.61. The van der Waals surface area contributed by atoms with E-state index in [9.17, 15) is 0 Å². The third-order valence-electron chi connectivity index (χ3n) is 2.33. The Hall–Kier alpha value is -0.820. The highest BCUT2D eigenvalue weighted by molar-refractivity contribution is 7.19. The SMILES string of the molecule is Cc1cc2ccc(C(C)C)cc2s1. The molecule has 0 radical (unpaired) electrons. The average molecular weight is 190 g/mol. The summed E-state index contributed by atoms with van der Waals surface area (Å²) in [6, 6.07) is 9.04. The standard InChI is InChI=1S/C12H14S/c1-8(2)10-4-5-11-6-9(3)13-12(11)7-10/h4-8H,1-3H3. The van der Waals surface area contributed by atoms with Crippen LogP contribution in [0.1, 0.15) is 30.2 Å². The van der Waals surface area contributed by atoms with Crippen LogP contribution < -0.4 is 0 Å². The van der Waals surface area contributed by atoms with Crippen molar-refractivity contribution in [3.8, 4) is 0 Å². The molecule has 0 aliphatic rings. The molecular formula is C12H14S. The number of aryl methyl sites for hydroxylation is 1. The second kappa shape index (κ2) is 3.15. The largest absolute Gasteiger partial charge is 0.141 e. The van der Waals surface area contributed by atoms with Crippen LogP contribution in [0.3, 0.4) is 0 Å². The van der Waals surface area contributed by atoms with Crippen molar-refractivity contribution in [3.63, 3.8) is 0 Å². The molecule has 1 heteroatoms. The lowest BCUT2D eigenvalue weighted by Gasteiger charge is -2.03. The van der Waals surface area contributed by atoms with Gasteiger partial charge >= 0.3 is 0 Å². The molecule has 1 aromatic carbocycles. The van der Waals surface area contributed by atoms with Gasteiger partial charge in [0.2, 0.25) is 0 Å². The second-order valence-corrected chi connectivity index (χ2v) is 5.10. The van der Waals surface area contributed by atoms with Crippen molar-refractivity contribution in [2.75, 3.05) is 0 Å². The van der Waals surface area contributed by atoms with Crippen LogP contribution in [0.5, 0.6) is 0 Å². The minimum atomic E-state index is 0.631. The van der Waals surface area contributed by atoms with Gasteiger partial charge in [-0.05, 0) is 35.9 Å². The molecular weight excluding hydrogens is 176 g/mol. The zero-order valence-electron chi connectivity index (χ0n) is 8.29. The van der Waals surface area contributed by atoms with E-state index in [1.54, 1.807) is 0 Å². The molecule has 1 heterocycles. The summed E-state index contributed by atoms with van der Waals surface area (Å²) in [5.74, 6) is 0.631. The van der Waals surface area contributed by atoms with Crippen LogP contribution in [-0.4, -0.2) is 0 Å². The van der Waals surface area contributed by atoms with E-state index in [4.69, 9.17) is 0 Å². The number of hydrogen-bond acceptors (Lipinski definition) is 1. The van der Waals surface area contributed by atoms with Gasteiger partial charge < -0.3 is 0 Å². The van der Waals surface area contributed by atoms with Gasteiger partial charge in [-0.2, -0.15) is 0 Å². The molecule has 0 aliphatic carbocycles. The van der Waals surface area contributed by atoms with Crippen LogP contribution in [0.2, 0.25) is 0 Å². The average Bonchev–Trinajstić information content (AvgIpc) is 2.42.